The number of likely N-dealkylation sites (N-methyl/N-ethyl adjacent to an activating group) is 1. The minimum absolute atomic E-state index is 0.106. The molecule has 2 nitrogen and oxygen atoms in total. The molecular weight excluding hydrogens is 318 g/mol. The molecule has 0 saturated carbocycles. The van der Waals surface area contributed by atoms with Crippen molar-refractivity contribution >= 4 is 16.6 Å². The second kappa shape index (κ2) is 7.43. The van der Waals surface area contributed by atoms with Crippen molar-refractivity contribution in [1.29, 1.82) is 0 Å². The van der Waals surface area contributed by atoms with Crippen molar-refractivity contribution in [3.8, 4) is 0 Å². The number of benzene rings is 3. The molecule has 0 radical (unpaired) electrons. The molecule has 0 saturated heterocycles. The Kier molecular flexibility index (Phi) is 5.24. The summed E-state index contributed by atoms with van der Waals surface area (Å²) in [6.45, 7) is 7.72. The van der Waals surface area contributed by atoms with E-state index in [1.807, 2.05) is 19.2 Å². The number of carbonyl (C=O) groups excluding carboxylic acids is 1. The van der Waals surface area contributed by atoms with Crippen LogP contribution in [-0.2, 0) is 12.0 Å². The molecule has 0 aliphatic heterocycles. The standard InChI is InChI=1S/C24H27NO/c1-24(2,3)22-13-11-20(12-14-22)23(26)17-25(4)16-18-9-10-19-7-5-6-8-21(19)15-18/h5-15H,16-17H2,1-4H3. The zero-order chi connectivity index (χ0) is 18.7. The zero-order valence-corrected chi connectivity index (χ0v) is 16.1. The topological polar surface area (TPSA) is 20.3 Å². The highest BCUT2D eigenvalue weighted by Crippen LogP contribution is 2.22. The van der Waals surface area contributed by atoms with E-state index in [2.05, 4.69) is 80.3 Å². The summed E-state index contributed by atoms with van der Waals surface area (Å²) in [4.78, 5) is 14.7. The monoisotopic (exact) mass is 345 g/mol. The number of hydrogen-bond donors (Lipinski definition) is 0. The number of nitrogens with zero attached hydrogens (tertiary/aromatic N) is 1. The summed E-state index contributed by atoms with van der Waals surface area (Å²) in [6.07, 6.45) is 0. The minimum Gasteiger partial charge on any atom is -0.295 e. The molecule has 0 N–H and O–H groups in total. The minimum atomic E-state index is 0.106. The molecule has 0 amide bonds. The van der Waals surface area contributed by atoms with Gasteiger partial charge in [0.2, 0.25) is 0 Å². The first-order chi connectivity index (χ1) is 12.3. The van der Waals surface area contributed by atoms with Crippen LogP contribution in [0.4, 0.5) is 0 Å². The number of rotatable bonds is 5. The molecular formula is C24H27NO. The normalized spacial score (nSPS) is 11.9. The van der Waals surface area contributed by atoms with E-state index in [0.29, 0.717) is 6.54 Å². The first-order valence-electron chi connectivity index (χ1n) is 9.13. The predicted octanol–water partition coefficient (Wildman–Crippen LogP) is 5.45. The summed E-state index contributed by atoms with van der Waals surface area (Å²) in [5.74, 6) is 0.161. The van der Waals surface area contributed by atoms with E-state index in [1.54, 1.807) is 0 Å². The SMILES string of the molecule is CN(CC(=O)c1ccc(C(C)(C)C)cc1)Cc1ccc2ccccc2c1. The Morgan fingerprint density at radius 3 is 2.19 bits per heavy atom. The van der Waals surface area contributed by atoms with Crippen molar-refractivity contribution in [2.45, 2.75) is 32.7 Å². The van der Waals surface area contributed by atoms with E-state index in [1.165, 1.54) is 21.9 Å². The average molecular weight is 345 g/mol. The van der Waals surface area contributed by atoms with Crippen molar-refractivity contribution < 1.29 is 4.79 Å². The predicted molar refractivity (Wildman–Crippen MR) is 110 cm³/mol. The molecule has 0 aliphatic rings. The molecule has 0 bridgehead atoms. The zero-order valence-electron chi connectivity index (χ0n) is 16.1. The van der Waals surface area contributed by atoms with Crippen molar-refractivity contribution in [1.82, 2.24) is 4.90 Å². The molecule has 2 heteroatoms. The first kappa shape index (κ1) is 18.3. The lowest BCUT2D eigenvalue weighted by Gasteiger charge is -2.19. The third-order valence-corrected chi connectivity index (χ3v) is 4.75. The summed E-state index contributed by atoms with van der Waals surface area (Å²) >= 11 is 0. The third kappa shape index (κ3) is 4.39. The molecule has 26 heavy (non-hydrogen) atoms. The van der Waals surface area contributed by atoms with E-state index in [4.69, 9.17) is 0 Å². The second-order valence-electron chi connectivity index (χ2n) is 8.10. The van der Waals surface area contributed by atoms with Gasteiger partial charge >= 0.3 is 0 Å². The van der Waals surface area contributed by atoms with Gasteiger partial charge in [-0.25, -0.2) is 0 Å². The van der Waals surface area contributed by atoms with Gasteiger partial charge in [-0.3, -0.25) is 9.69 Å². The summed E-state index contributed by atoms with van der Waals surface area (Å²) in [7, 11) is 2.00. The van der Waals surface area contributed by atoms with E-state index in [9.17, 15) is 4.79 Å². The summed E-state index contributed by atoms with van der Waals surface area (Å²) in [5.41, 5.74) is 3.36. The highest BCUT2D eigenvalue weighted by molar-refractivity contribution is 5.97. The summed E-state index contributed by atoms with van der Waals surface area (Å²) < 4.78 is 0. The van der Waals surface area contributed by atoms with Gasteiger partial charge in [0.25, 0.3) is 0 Å². The number of carbonyl (C=O) groups is 1. The smallest absolute Gasteiger partial charge is 0.176 e. The van der Waals surface area contributed by atoms with Gasteiger partial charge in [-0.1, -0.05) is 81.4 Å². The summed E-state index contributed by atoms with van der Waals surface area (Å²) in [6, 6.07) is 22.9. The van der Waals surface area contributed by atoms with Gasteiger partial charge in [0.15, 0.2) is 5.78 Å². The molecule has 0 aromatic heterocycles. The lowest BCUT2D eigenvalue weighted by Crippen LogP contribution is -2.25. The van der Waals surface area contributed by atoms with Crippen LogP contribution in [0.25, 0.3) is 10.8 Å². The molecule has 0 heterocycles. The van der Waals surface area contributed by atoms with Crippen molar-refractivity contribution in [2.24, 2.45) is 0 Å². The van der Waals surface area contributed by atoms with Gasteiger partial charge in [-0.05, 0) is 40.4 Å². The largest absolute Gasteiger partial charge is 0.295 e. The van der Waals surface area contributed by atoms with Gasteiger partial charge in [0, 0.05) is 12.1 Å². The molecule has 0 unspecified atom stereocenters. The number of ketones is 1. The van der Waals surface area contributed by atoms with Crippen LogP contribution in [0.2, 0.25) is 0 Å². The molecule has 0 aliphatic carbocycles. The maximum absolute atomic E-state index is 12.6. The molecule has 0 spiro atoms. The van der Waals surface area contributed by atoms with Gasteiger partial charge in [0.1, 0.15) is 0 Å². The van der Waals surface area contributed by atoms with Crippen molar-refractivity contribution in [2.75, 3.05) is 13.6 Å². The average Bonchev–Trinajstić information content (AvgIpc) is 2.61. The Morgan fingerprint density at radius 1 is 0.885 bits per heavy atom. The fourth-order valence-corrected chi connectivity index (χ4v) is 3.20. The van der Waals surface area contributed by atoms with Gasteiger partial charge in [0.05, 0.1) is 6.54 Å². The Balaban J connectivity index is 1.65. The van der Waals surface area contributed by atoms with Crippen LogP contribution < -0.4 is 0 Å². The first-order valence-corrected chi connectivity index (χ1v) is 9.13. The Morgan fingerprint density at radius 2 is 1.54 bits per heavy atom. The van der Waals surface area contributed by atoms with Gasteiger partial charge in [-0.15, -0.1) is 0 Å². The Bertz CT molecular complexity index is 903. The highest BCUT2D eigenvalue weighted by Gasteiger charge is 2.15. The lowest BCUT2D eigenvalue weighted by molar-refractivity contribution is 0.0943. The van der Waals surface area contributed by atoms with Crippen LogP contribution in [0.5, 0.6) is 0 Å². The van der Waals surface area contributed by atoms with Crippen LogP contribution >= 0.6 is 0 Å². The molecule has 3 rings (SSSR count). The quantitative estimate of drug-likeness (QED) is 0.573. The fourth-order valence-electron chi connectivity index (χ4n) is 3.20. The second-order valence-corrected chi connectivity index (χ2v) is 8.10. The molecule has 0 fully saturated rings. The van der Waals surface area contributed by atoms with Crippen LogP contribution in [0, 0.1) is 0 Å². The van der Waals surface area contributed by atoms with E-state index < -0.39 is 0 Å². The fraction of sp³-hybridized carbons (Fsp3) is 0.292. The lowest BCUT2D eigenvalue weighted by atomic mass is 9.86. The van der Waals surface area contributed by atoms with Crippen molar-refractivity contribution in [3.05, 3.63) is 83.4 Å². The number of hydrogen-bond acceptors (Lipinski definition) is 2. The Hall–Kier alpha value is -2.45. The van der Waals surface area contributed by atoms with Crippen LogP contribution in [0.15, 0.2) is 66.7 Å². The van der Waals surface area contributed by atoms with Crippen LogP contribution in [0.3, 0.4) is 0 Å². The maximum Gasteiger partial charge on any atom is 0.176 e. The van der Waals surface area contributed by atoms with E-state index in [-0.39, 0.29) is 11.2 Å². The maximum atomic E-state index is 12.6. The molecule has 0 atom stereocenters. The van der Waals surface area contributed by atoms with Gasteiger partial charge in [-0.2, -0.15) is 0 Å². The highest BCUT2D eigenvalue weighted by atomic mass is 16.1. The number of fused-ring (bicyclic) bond motifs is 1. The molecule has 134 valence electrons. The van der Waals surface area contributed by atoms with Crippen LogP contribution in [-0.4, -0.2) is 24.3 Å². The Labute approximate surface area is 156 Å². The number of Topliss-reactive ketones (excluding diaryl/α,β-unsaturated/α-hetero) is 1. The van der Waals surface area contributed by atoms with Crippen LogP contribution in [0.1, 0.15) is 42.3 Å². The molecule has 3 aromatic rings. The third-order valence-electron chi connectivity index (χ3n) is 4.75. The van der Waals surface area contributed by atoms with E-state index >= 15 is 0 Å². The van der Waals surface area contributed by atoms with Gasteiger partial charge < -0.3 is 0 Å². The van der Waals surface area contributed by atoms with Crippen molar-refractivity contribution in [3.63, 3.8) is 0 Å². The van der Waals surface area contributed by atoms with E-state index in [0.717, 1.165) is 12.1 Å². The molecule has 3 aromatic carbocycles. The summed E-state index contributed by atoms with van der Waals surface area (Å²) in [5, 5.41) is 2.48.